The molecular weight excluding hydrogens is 292 g/mol. The molecule has 0 saturated heterocycles. The van der Waals surface area contributed by atoms with Crippen molar-refractivity contribution in [2.45, 2.75) is 27.4 Å². The van der Waals surface area contributed by atoms with Crippen LogP contribution in [0.3, 0.4) is 0 Å². The zero-order chi connectivity index (χ0) is 13.3. The van der Waals surface area contributed by atoms with Gasteiger partial charge in [-0.2, -0.15) is 5.10 Å². The molecule has 0 aliphatic carbocycles. The first-order valence-corrected chi connectivity index (χ1v) is 6.67. The molecule has 1 aromatic carbocycles. The van der Waals surface area contributed by atoms with Gasteiger partial charge in [-0.1, -0.05) is 18.2 Å². The first-order valence-electron chi connectivity index (χ1n) is 5.87. The fourth-order valence-corrected chi connectivity index (χ4v) is 2.45. The third-order valence-electron chi connectivity index (χ3n) is 3.02. The van der Waals surface area contributed by atoms with Crippen molar-refractivity contribution >= 4 is 15.9 Å². The lowest BCUT2D eigenvalue weighted by Crippen LogP contribution is -2.05. The summed E-state index contributed by atoms with van der Waals surface area (Å²) in [5.41, 5.74) is 4.35. The first-order chi connectivity index (χ1) is 8.50. The van der Waals surface area contributed by atoms with Crippen molar-refractivity contribution in [1.82, 2.24) is 9.78 Å². The third kappa shape index (κ3) is 2.43. The summed E-state index contributed by atoms with van der Waals surface area (Å²) in [6.07, 6.45) is 0. The van der Waals surface area contributed by atoms with Crippen LogP contribution in [-0.2, 0) is 13.7 Å². The van der Waals surface area contributed by atoms with Crippen molar-refractivity contribution in [3.8, 4) is 5.75 Å². The number of aromatic nitrogens is 2. The van der Waals surface area contributed by atoms with Crippen LogP contribution in [0, 0.1) is 20.8 Å². The van der Waals surface area contributed by atoms with Crippen molar-refractivity contribution < 1.29 is 4.74 Å². The Kier molecular flexibility index (Phi) is 3.76. The Hall–Kier alpha value is -1.29. The van der Waals surface area contributed by atoms with Gasteiger partial charge in [0, 0.05) is 7.05 Å². The molecule has 3 nitrogen and oxygen atoms in total. The van der Waals surface area contributed by atoms with E-state index in [9.17, 15) is 0 Å². The van der Waals surface area contributed by atoms with Crippen LogP contribution in [0.5, 0.6) is 5.75 Å². The Morgan fingerprint density at radius 1 is 1.22 bits per heavy atom. The van der Waals surface area contributed by atoms with Crippen LogP contribution in [-0.4, -0.2) is 9.78 Å². The monoisotopic (exact) mass is 308 g/mol. The average molecular weight is 309 g/mol. The molecule has 1 aromatic heterocycles. The predicted molar refractivity (Wildman–Crippen MR) is 75.9 cm³/mol. The van der Waals surface area contributed by atoms with Crippen LogP contribution in [0.25, 0.3) is 0 Å². The van der Waals surface area contributed by atoms with E-state index in [-0.39, 0.29) is 0 Å². The van der Waals surface area contributed by atoms with Crippen molar-refractivity contribution in [3.05, 3.63) is 45.2 Å². The van der Waals surface area contributed by atoms with Crippen molar-refractivity contribution in [2.24, 2.45) is 7.05 Å². The highest BCUT2D eigenvalue weighted by Gasteiger charge is 2.12. The molecule has 0 spiro atoms. The molecule has 0 radical (unpaired) electrons. The maximum atomic E-state index is 5.94. The van der Waals surface area contributed by atoms with Crippen LogP contribution < -0.4 is 4.74 Å². The number of aryl methyl sites for hydroxylation is 4. The van der Waals surface area contributed by atoms with Gasteiger partial charge in [0.15, 0.2) is 0 Å². The van der Waals surface area contributed by atoms with E-state index in [1.54, 1.807) is 0 Å². The van der Waals surface area contributed by atoms with E-state index >= 15 is 0 Å². The number of halogens is 1. The molecule has 0 N–H and O–H groups in total. The van der Waals surface area contributed by atoms with Crippen molar-refractivity contribution in [2.75, 3.05) is 0 Å². The van der Waals surface area contributed by atoms with E-state index in [4.69, 9.17) is 4.74 Å². The normalized spacial score (nSPS) is 10.7. The molecule has 2 aromatic rings. The lowest BCUT2D eigenvalue weighted by Gasteiger charge is -2.12. The Balaban J connectivity index is 2.22. The number of nitrogens with zero attached hydrogens (tertiary/aromatic N) is 2. The topological polar surface area (TPSA) is 27.1 Å². The fraction of sp³-hybridized carbons (Fsp3) is 0.357. The molecule has 0 fully saturated rings. The van der Waals surface area contributed by atoms with Gasteiger partial charge in [0.05, 0.1) is 15.9 Å². The molecule has 1 heterocycles. The summed E-state index contributed by atoms with van der Waals surface area (Å²) in [5.74, 6) is 0.961. The highest BCUT2D eigenvalue weighted by atomic mass is 79.9. The summed E-state index contributed by atoms with van der Waals surface area (Å²) in [7, 11) is 1.93. The van der Waals surface area contributed by atoms with Crippen molar-refractivity contribution in [1.29, 1.82) is 0 Å². The van der Waals surface area contributed by atoms with Gasteiger partial charge in [0.2, 0.25) is 0 Å². The molecule has 0 aliphatic rings. The Bertz CT molecular complexity index is 555. The second-order valence-electron chi connectivity index (χ2n) is 4.48. The lowest BCUT2D eigenvalue weighted by atomic mass is 10.1. The van der Waals surface area contributed by atoms with Gasteiger partial charge in [0.1, 0.15) is 12.4 Å². The van der Waals surface area contributed by atoms with Gasteiger partial charge in [-0.25, -0.2) is 0 Å². The van der Waals surface area contributed by atoms with Crippen LogP contribution in [0.1, 0.15) is 22.5 Å². The molecule has 96 valence electrons. The molecule has 0 bridgehead atoms. The Morgan fingerprint density at radius 2 is 1.83 bits per heavy atom. The summed E-state index contributed by atoms with van der Waals surface area (Å²) >= 11 is 3.55. The number of hydrogen-bond acceptors (Lipinski definition) is 2. The highest BCUT2D eigenvalue weighted by molar-refractivity contribution is 9.10. The van der Waals surface area contributed by atoms with E-state index in [1.165, 1.54) is 0 Å². The zero-order valence-corrected chi connectivity index (χ0v) is 12.7. The number of para-hydroxylation sites is 1. The number of ether oxygens (including phenoxy) is 1. The number of hydrogen-bond donors (Lipinski definition) is 0. The summed E-state index contributed by atoms with van der Waals surface area (Å²) in [6, 6.07) is 6.17. The molecule has 0 unspecified atom stereocenters. The van der Waals surface area contributed by atoms with Gasteiger partial charge in [-0.15, -0.1) is 0 Å². The van der Waals surface area contributed by atoms with Crippen molar-refractivity contribution in [3.63, 3.8) is 0 Å². The molecule has 4 heteroatoms. The molecule has 0 saturated carbocycles. The summed E-state index contributed by atoms with van der Waals surface area (Å²) in [5, 5.41) is 4.36. The van der Waals surface area contributed by atoms with E-state index in [2.05, 4.69) is 47.0 Å². The van der Waals surface area contributed by atoms with E-state index in [0.717, 1.165) is 32.7 Å². The Labute approximate surface area is 116 Å². The van der Waals surface area contributed by atoms with Gasteiger partial charge < -0.3 is 4.74 Å². The SMILES string of the molecule is Cc1cccc(C)c1OCc1c(Br)c(C)nn1C. The largest absolute Gasteiger partial charge is 0.487 e. The lowest BCUT2D eigenvalue weighted by molar-refractivity contribution is 0.290. The minimum absolute atomic E-state index is 0.517. The minimum atomic E-state index is 0.517. The molecule has 0 atom stereocenters. The molecule has 0 amide bonds. The maximum absolute atomic E-state index is 5.94. The van der Waals surface area contributed by atoms with E-state index in [1.807, 2.05) is 24.7 Å². The number of rotatable bonds is 3. The molecular formula is C14H17BrN2O. The standard InChI is InChI=1S/C14H17BrN2O/c1-9-6-5-7-10(2)14(9)18-8-12-13(15)11(3)16-17(12)4/h5-7H,8H2,1-4H3. The minimum Gasteiger partial charge on any atom is -0.487 e. The van der Waals surface area contributed by atoms with Crippen LogP contribution in [0.4, 0.5) is 0 Å². The smallest absolute Gasteiger partial charge is 0.131 e. The summed E-state index contributed by atoms with van der Waals surface area (Å²) in [4.78, 5) is 0. The summed E-state index contributed by atoms with van der Waals surface area (Å²) in [6.45, 7) is 6.62. The van der Waals surface area contributed by atoms with Gasteiger partial charge in [0.25, 0.3) is 0 Å². The zero-order valence-electron chi connectivity index (χ0n) is 11.1. The molecule has 2 rings (SSSR count). The average Bonchev–Trinajstić information content (AvgIpc) is 2.54. The van der Waals surface area contributed by atoms with Gasteiger partial charge in [-0.3, -0.25) is 4.68 Å². The number of benzene rings is 1. The van der Waals surface area contributed by atoms with E-state index in [0.29, 0.717) is 6.61 Å². The quantitative estimate of drug-likeness (QED) is 0.864. The van der Waals surface area contributed by atoms with Crippen LogP contribution >= 0.6 is 15.9 Å². The predicted octanol–water partition coefficient (Wildman–Crippen LogP) is 3.69. The van der Waals surface area contributed by atoms with Gasteiger partial charge >= 0.3 is 0 Å². The first kappa shape index (κ1) is 13.1. The molecule has 0 aliphatic heterocycles. The summed E-state index contributed by atoms with van der Waals surface area (Å²) < 4.78 is 8.82. The second-order valence-corrected chi connectivity index (χ2v) is 5.27. The second kappa shape index (κ2) is 5.14. The van der Waals surface area contributed by atoms with E-state index < -0.39 is 0 Å². The fourth-order valence-electron chi connectivity index (χ4n) is 2.00. The van der Waals surface area contributed by atoms with Crippen LogP contribution in [0.15, 0.2) is 22.7 Å². The Morgan fingerprint density at radius 3 is 2.33 bits per heavy atom. The maximum Gasteiger partial charge on any atom is 0.131 e. The third-order valence-corrected chi connectivity index (χ3v) is 4.06. The van der Waals surface area contributed by atoms with Gasteiger partial charge in [-0.05, 0) is 47.8 Å². The molecule has 18 heavy (non-hydrogen) atoms. The van der Waals surface area contributed by atoms with Crippen LogP contribution in [0.2, 0.25) is 0 Å². The highest BCUT2D eigenvalue weighted by Crippen LogP contribution is 2.26.